The highest BCUT2D eigenvalue weighted by molar-refractivity contribution is 5.33. The molecule has 1 atom stereocenters. The zero-order valence-corrected chi connectivity index (χ0v) is 9.68. The standard InChI is InChI=1S/C12H13F3N2O/c13-12(14,15)10-3-2-8-9(17-10)6-18-7-11(8)4-1-5-16-11/h2-3,16H,1,4-7H2. The van der Waals surface area contributed by atoms with Gasteiger partial charge in [0.25, 0.3) is 0 Å². The maximum absolute atomic E-state index is 12.6. The molecule has 1 aromatic heterocycles. The van der Waals surface area contributed by atoms with Crippen molar-refractivity contribution in [3.05, 3.63) is 29.1 Å². The van der Waals surface area contributed by atoms with Crippen LogP contribution in [0.4, 0.5) is 13.2 Å². The molecule has 0 amide bonds. The monoisotopic (exact) mass is 258 g/mol. The van der Waals surface area contributed by atoms with E-state index >= 15 is 0 Å². The van der Waals surface area contributed by atoms with E-state index in [1.54, 1.807) is 6.07 Å². The van der Waals surface area contributed by atoms with Crippen molar-refractivity contribution in [2.75, 3.05) is 13.2 Å². The van der Waals surface area contributed by atoms with E-state index in [2.05, 4.69) is 10.3 Å². The van der Waals surface area contributed by atoms with Gasteiger partial charge in [0.1, 0.15) is 5.69 Å². The third-order valence-electron chi connectivity index (χ3n) is 3.61. The Morgan fingerprint density at radius 1 is 1.33 bits per heavy atom. The lowest BCUT2D eigenvalue weighted by Gasteiger charge is -2.35. The van der Waals surface area contributed by atoms with E-state index in [1.807, 2.05) is 0 Å². The lowest BCUT2D eigenvalue weighted by Crippen LogP contribution is -2.45. The molecule has 98 valence electrons. The molecule has 0 aromatic carbocycles. The molecular weight excluding hydrogens is 245 g/mol. The highest BCUT2D eigenvalue weighted by Gasteiger charge is 2.42. The smallest absolute Gasteiger partial charge is 0.373 e. The van der Waals surface area contributed by atoms with Crippen LogP contribution >= 0.6 is 0 Å². The third kappa shape index (κ3) is 1.80. The van der Waals surface area contributed by atoms with Gasteiger partial charge < -0.3 is 10.1 Å². The zero-order valence-electron chi connectivity index (χ0n) is 9.68. The summed E-state index contributed by atoms with van der Waals surface area (Å²) in [6.07, 6.45) is -2.51. The highest BCUT2D eigenvalue weighted by atomic mass is 19.4. The first-order valence-corrected chi connectivity index (χ1v) is 5.92. The lowest BCUT2D eigenvalue weighted by molar-refractivity contribution is -0.141. The van der Waals surface area contributed by atoms with Crippen molar-refractivity contribution in [3.63, 3.8) is 0 Å². The summed E-state index contributed by atoms with van der Waals surface area (Å²) in [5.41, 5.74) is 0.0923. The molecule has 1 fully saturated rings. The predicted molar refractivity (Wildman–Crippen MR) is 57.8 cm³/mol. The summed E-state index contributed by atoms with van der Waals surface area (Å²) >= 11 is 0. The largest absolute Gasteiger partial charge is 0.433 e. The molecule has 1 N–H and O–H groups in total. The minimum atomic E-state index is -4.40. The maximum atomic E-state index is 12.6. The van der Waals surface area contributed by atoms with E-state index in [1.165, 1.54) is 0 Å². The van der Waals surface area contributed by atoms with Gasteiger partial charge in [0.15, 0.2) is 0 Å². The zero-order chi connectivity index (χ0) is 12.8. The van der Waals surface area contributed by atoms with Crippen molar-refractivity contribution in [1.29, 1.82) is 0 Å². The first-order valence-electron chi connectivity index (χ1n) is 5.92. The van der Waals surface area contributed by atoms with Gasteiger partial charge >= 0.3 is 6.18 Å². The highest BCUT2D eigenvalue weighted by Crippen LogP contribution is 2.38. The van der Waals surface area contributed by atoms with Crippen LogP contribution in [0, 0.1) is 0 Å². The molecule has 1 aromatic rings. The predicted octanol–water partition coefficient (Wildman–Crippen LogP) is 2.21. The summed E-state index contributed by atoms with van der Waals surface area (Å²) in [5.74, 6) is 0. The van der Waals surface area contributed by atoms with E-state index < -0.39 is 11.9 Å². The van der Waals surface area contributed by atoms with Crippen LogP contribution in [-0.2, 0) is 23.1 Å². The normalized spacial score (nSPS) is 27.5. The molecule has 0 radical (unpaired) electrons. The molecule has 3 rings (SSSR count). The second-order valence-corrected chi connectivity index (χ2v) is 4.79. The van der Waals surface area contributed by atoms with Crippen molar-refractivity contribution in [1.82, 2.24) is 10.3 Å². The van der Waals surface area contributed by atoms with Crippen LogP contribution in [0.1, 0.15) is 29.8 Å². The molecule has 0 saturated carbocycles. The van der Waals surface area contributed by atoms with Gasteiger partial charge in [-0.25, -0.2) is 4.98 Å². The lowest BCUT2D eigenvalue weighted by atomic mass is 9.86. The number of alkyl halides is 3. The molecule has 1 saturated heterocycles. The van der Waals surface area contributed by atoms with Gasteiger partial charge in [0.05, 0.1) is 24.4 Å². The van der Waals surface area contributed by atoms with E-state index in [-0.39, 0.29) is 12.1 Å². The van der Waals surface area contributed by atoms with Gasteiger partial charge in [-0.2, -0.15) is 13.2 Å². The summed E-state index contributed by atoms with van der Waals surface area (Å²) in [4.78, 5) is 3.71. The number of nitrogens with zero attached hydrogens (tertiary/aromatic N) is 1. The number of nitrogens with one attached hydrogen (secondary N) is 1. The van der Waals surface area contributed by atoms with Crippen molar-refractivity contribution in [2.45, 2.75) is 31.2 Å². The molecule has 3 nitrogen and oxygen atoms in total. The molecule has 0 bridgehead atoms. The number of ether oxygens (including phenoxy) is 1. The molecule has 0 aliphatic carbocycles. The number of hydrogen-bond acceptors (Lipinski definition) is 3. The third-order valence-corrected chi connectivity index (χ3v) is 3.61. The maximum Gasteiger partial charge on any atom is 0.433 e. The van der Waals surface area contributed by atoms with Gasteiger partial charge in [-0.3, -0.25) is 0 Å². The molecule has 6 heteroatoms. The quantitative estimate of drug-likeness (QED) is 0.774. The number of hydrogen-bond donors (Lipinski definition) is 1. The molecule has 2 aliphatic heterocycles. The Morgan fingerprint density at radius 3 is 2.83 bits per heavy atom. The summed E-state index contributed by atoms with van der Waals surface area (Å²) in [6, 6.07) is 2.61. The van der Waals surface area contributed by atoms with Gasteiger partial charge in [-0.15, -0.1) is 0 Å². The summed E-state index contributed by atoms with van der Waals surface area (Å²) < 4.78 is 43.2. The van der Waals surface area contributed by atoms with Crippen LogP contribution in [0.5, 0.6) is 0 Å². The molecule has 2 aliphatic rings. The van der Waals surface area contributed by atoms with Crippen LogP contribution in [0.2, 0.25) is 0 Å². The molecule has 1 spiro atoms. The Hall–Kier alpha value is -1.14. The van der Waals surface area contributed by atoms with E-state index in [0.717, 1.165) is 31.0 Å². The van der Waals surface area contributed by atoms with Gasteiger partial charge in [-0.1, -0.05) is 6.07 Å². The summed E-state index contributed by atoms with van der Waals surface area (Å²) in [6.45, 7) is 1.53. The Kier molecular flexibility index (Phi) is 2.60. The van der Waals surface area contributed by atoms with Gasteiger partial charge in [0, 0.05) is 0 Å². The first-order chi connectivity index (χ1) is 8.51. The molecule has 3 heterocycles. The fraction of sp³-hybridized carbons (Fsp3) is 0.583. The van der Waals surface area contributed by atoms with Gasteiger partial charge in [-0.05, 0) is 31.0 Å². The fourth-order valence-corrected chi connectivity index (χ4v) is 2.76. The fourth-order valence-electron chi connectivity index (χ4n) is 2.76. The summed E-state index contributed by atoms with van der Waals surface area (Å²) in [5, 5.41) is 3.34. The number of aromatic nitrogens is 1. The molecule has 18 heavy (non-hydrogen) atoms. The van der Waals surface area contributed by atoms with E-state index in [4.69, 9.17) is 4.74 Å². The number of rotatable bonds is 0. The van der Waals surface area contributed by atoms with Crippen molar-refractivity contribution in [3.8, 4) is 0 Å². The number of fused-ring (bicyclic) bond motifs is 2. The number of halogens is 3. The second-order valence-electron chi connectivity index (χ2n) is 4.79. The Bertz CT molecular complexity index is 467. The average molecular weight is 258 g/mol. The minimum Gasteiger partial charge on any atom is -0.373 e. The van der Waals surface area contributed by atoms with Crippen LogP contribution in [0.3, 0.4) is 0 Å². The van der Waals surface area contributed by atoms with E-state index in [0.29, 0.717) is 12.3 Å². The van der Waals surface area contributed by atoms with Crippen LogP contribution in [0.25, 0.3) is 0 Å². The summed E-state index contributed by atoms with van der Waals surface area (Å²) in [7, 11) is 0. The van der Waals surface area contributed by atoms with E-state index in [9.17, 15) is 13.2 Å². The second kappa shape index (κ2) is 3.93. The van der Waals surface area contributed by atoms with Crippen molar-refractivity contribution in [2.24, 2.45) is 0 Å². The topological polar surface area (TPSA) is 34.1 Å². The van der Waals surface area contributed by atoms with Gasteiger partial charge in [0.2, 0.25) is 0 Å². The van der Waals surface area contributed by atoms with Crippen LogP contribution in [-0.4, -0.2) is 18.1 Å². The van der Waals surface area contributed by atoms with Crippen molar-refractivity contribution >= 4 is 0 Å². The SMILES string of the molecule is FC(F)(F)c1ccc2c(n1)COCC21CCCN1. The Labute approximate surface area is 102 Å². The number of pyridine rings is 1. The Balaban J connectivity index is 2.05. The average Bonchev–Trinajstić information content (AvgIpc) is 2.77. The Morgan fingerprint density at radius 2 is 2.17 bits per heavy atom. The first kappa shape index (κ1) is 11.9. The van der Waals surface area contributed by atoms with Crippen LogP contribution < -0.4 is 5.32 Å². The molecular formula is C12H13F3N2O. The minimum absolute atomic E-state index is 0.155. The molecule has 1 unspecified atom stereocenters. The van der Waals surface area contributed by atoms with Crippen molar-refractivity contribution < 1.29 is 17.9 Å². The van der Waals surface area contributed by atoms with Crippen LogP contribution in [0.15, 0.2) is 12.1 Å².